The van der Waals surface area contributed by atoms with Crippen LogP contribution in [0.3, 0.4) is 0 Å². The minimum atomic E-state index is -3.78. The topological polar surface area (TPSA) is 88.2 Å². The molecule has 1 amide bonds. The van der Waals surface area contributed by atoms with Gasteiger partial charge in [0.1, 0.15) is 0 Å². The molecule has 26 heavy (non-hydrogen) atoms. The highest BCUT2D eigenvalue weighted by atomic mass is 32.2. The molecule has 1 aromatic heterocycles. The largest absolute Gasteiger partial charge is 0.348 e. The van der Waals surface area contributed by atoms with Crippen LogP contribution in [-0.4, -0.2) is 19.3 Å². The Morgan fingerprint density at radius 3 is 2.50 bits per heavy atom. The van der Waals surface area contributed by atoms with Crippen LogP contribution in [0.5, 0.6) is 0 Å². The van der Waals surface area contributed by atoms with Crippen molar-refractivity contribution in [3.8, 4) is 0 Å². The first-order chi connectivity index (χ1) is 12.5. The standard InChI is InChI=1S/C19H17N3O3S/c23-19(21-14-15-6-5-11-20-13-15)16-7-4-10-18(12-16)26(24,25)22-17-8-2-1-3-9-17/h1-13,22H,14H2,(H,21,23). The van der Waals surface area contributed by atoms with Gasteiger partial charge in [0.2, 0.25) is 0 Å². The zero-order valence-corrected chi connectivity index (χ0v) is 14.6. The lowest BCUT2D eigenvalue weighted by Gasteiger charge is -2.10. The van der Waals surface area contributed by atoms with Gasteiger partial charge in [-0.1, -0.05) is 30.3 Å². The number of anilines is 1. The van der Waals surface area contributed by atoms with Crippen molar-refractivity contribution in [1.82, 2.24) is 10.3 Å². The number of carbonyl (C=O) groups is 1. The molecule has 7 heteroatoms. The number of sulfonamides is 1. The fraction of sp³-hybridized carbons (Fsp3) is 0.0526. The molecule has 0 fully saturated rings. The van der Waals surface area contributed by atoms with Gasteiger partial charge in [0.15, 0.2) is 0 Å². The molecule has 3 aromatic rings. The number of para-hydroxylation sites is 1. The maximum Gasteiger partial charge on any atom is 0.261 e. The number of hydrogen-bond donors (Lipinski definition) is 2. The maximum absolute atomic E-state index is 12.5. The summed E-state index contributed by atoms with van der Waals surface area (Å²) in [6, 6.07) is 18.1. The zero-order chi connectivity index (χ0) is 18.4. The van der Waals surface area contributed by atoms with E-state index in [4.69, 9.17) is 0 Å². The Morgan fingerprint density at radius 2 is 1.77 bits per heavy atom. The van der Waals surface area contributed by atoms with Crippen LogP contribution < -0.4 is 10.0 Å². The van der Waals surface area contributed by atoms with E-state index in [1.165, 1.54) is 12.1 Å². The van der Waals surface area contributed by atoms with E-state index in [2.05, 4.69) is 15.0 Å². The molecule has 0 saturated carbocycles. The zero-order valence-electron chi connectivity index (χ0n) is 13.8. The lowest BCUT2D eigenvalue weighted by molar-refractivity contribution is 0.0950. The Labute approximate surface area is 152 Å². The number of pyridine rings is 1. The van der Waals surface area contributed by atoms with E-state index in [-0.39, 0.29) is 16.4 Å². The summed E-state index contributed by atoms with van der Waals surface area (Å²) in [5.41, 5.74) is 1.58. The molecule has 0 aliphatic heterocycles. The van der Waals surface area contributed by atoms with Crippen LogP contribution in [0.2, 0.25) is 0 Å². The van der Waals surface area contributed by atoms with Gasteiger partial charge in [-0.3, -0.25) is 14.5 Å². The molecule has 0 bridgehead atoms. The van der Waals surface area contributed by atoms with Crippen molar-refractivity contribution in [2.45, 2.75) is 11.4 Å². The first-order valence-corrected chi connectivity index (χ1v) is 9.38. The number of carbonyl (C=O) groups excluding carboxylic acids is 1. The van der Waals surface area contributed by atoms with Crippen molar-refractivity contribution in [3.05, 3.63) is 90.3 Å². The third-order valence-electron chi connectivity index (χ3n) is 3.61. The van der Waals surface area contributed by atoms with Crippen LogP contribution in [-0.2, 0) is 16.6 Å². The molecule has 3 rings (SSSR count). The molecular formula is C19H17N3O3S. The van der Waals surface area contributed by atoms with E-state index >= 15 is 0 Å². The quantitative estimate of drug-likeness (QED) is 0.701. The second kappa shape index (κ2) is 7.79. The number of nitrogens with zero attached hydrogens (tertiary/aromatic N) is 1. The van der Waals surface area contributed by atoms with E-state index in [0.29, 0.717) is 12.2 Å². The molecule has 0 spiro atoms. The van der Waals surface area contributed by atoms with E-state index in [1.54, 1.807) is 60.9 Å². The predicted octanol–water partition coefficient (Wildman–Crippen LogP) is 2.81. The predicted molar refractivity (Wildman–Crippen MR) is 99.1 cm³/mol. The lowest BCUT2D eigenvalue weighted by atomic mass is 10.2. The SMILES string of the molecule is O=C(NCc1cccnc1)c1cccc(S(=O)(=O)Nc2ccccc2)c1. The smallest absolute Gasteiger partial charge is 0.261 e. The van der Waals surface area contributed by atoms with Gasteiger partial charge in [0.05, 0.1) is 4.90 Å². The highest BCUT2D eigenvalue weighted by Crippen LogP contribution is 2.17. The molecule has 0 aliphatic carbocycles. The van der Waals surface area contributed by atoms with Gasteiger partial charge in [-0.15, -0.1) is 0 Å². The lowest BCUT2D eigenvalue weighted by Crippen LogP contribution is -2.23. The first-order valence-electron chi connectivity index (χ1n) is 7.90. The van der Waals surface area contributed by atoms with Crippen LogP contribution >= 0.6 is 0 Å². The van der Waals surface area contributed by atoms with Gasteiger partial charge >= 0.3 is 0 Å². The Kier molecular flexibility index (Phi) is 5.28. The summed E-state index contributed by atoms with van der Waals surface area (Å²) in [6.45, 7) is 0.311. The van der Waals surface area contributed by atoms with E-state index in [0.717, 1.165) is 5.56 Å². The monoisotopic (exact) mass is 367 g/mol. The van der Waals surface area contributed by atoms with Crippen LogP contribution in [0, 0.1) is 0 Å². The number of hydrogen-bond acceptors (Lipinski definition) is 4. The maximum atomic E-state index is 12.5. The third-order valence-corrected chi connectivity index (χ3v) is 4.99. The van der Waals surface area contributed by atoms with Crippen LogP contribution in [0.1, 0.15) is 15.9 Å². The first kappa shape index (κ1) is 17.6. The summed E-state index contributed by atoms with van der Waals surface area (Å²) in [4.78, 5) is 16.3. The van der Waals surface area contributed by atoms with Gasteiger partial charge in [0, 0.05) is 30.2 Å². The van der Waals surface area contributed by atoms with E-state index < -0.39 is 10.0 Å². The van der Waals surface area contributed by atoms with Crippen molar-refractivity contribution in [2.24, 2.45) is 0 Å². The summed E-state index contributed by atoms with van der Waals surface area (Å²) in [5, 5.41) is 2.75. The van der Waals surface area contributed by atoms with Crippen LogP contribution in [0.15, 0.2) is 84.0 Å². The minimum absolute atomic E-state index is 0.0235. The van der Waals surface area contributed by atoms with Crippen LogP contribution in [0.4, 0.5) is 5.69 Å². The Morgan fingerprint density at radius 1 is 0.962 bits per heavy atom. The summed E-state index contributed by atoms with van der Waals surface area (Å²) >= 11 is 0. The molecule has 2 aromatic carbocycles. The molecule has 6 nitrogen and oxygen atoms in total. The van der Waals surface area contributed by atoms with Crippen molar-refractivity contribution in [1.29, 1.82) is 0 Å². The summed E-state index contributed by atoms with van der Waals surface area (Å²) in [7, 11) is -3.78. The van der Waals surface area contributed by atoms with Crippen molar-refractivity contribution < 1.29 is 13.2 Å². The highest BCUT2D eigenvalue weighted by molar-refractivity contribution is 7.92. The summed E-state index contributed by atoms with van der Waals surface area (Å²) in [6.07, 6.45) is 3.31. The molecule has 1 heterocycles. The van der Waals surface area contributed by atoms with Gasteiger partial charge in [0.25, 0.3) is 15.9 Å². The average molecular weight is 367 g/mol. The second-order valence-corrected chi connectivity index (χ2v) is 7.23. The summed E-state index contributed by atoms with van der Waals surface area (Å²) < 4.78 is 27.5. The fourth-order valence-electron chi connectivity index (χ4n) is 2.31. The van der Waals surface area contributed by atoms with Gasteiger partial charge in [-0.2, -0.15) is 0 Å². The van der Waals surface area contributed by atoms with Crippen molar-refractivity contribution in [2.75, 3.05) is 4.72 Å². The van der Waals surface area contributed by atoms with E-state index in [1.807, 2.05) is 6.07 Å². The van der Waals surface area contributed by atoms with Gasteiger partial charge in [-0.25, -0.2) is 8.42 Å². The Balaban J connectivity index is 1.74. The second-order valence-electron chi connectivity index (χ2n) is 5.54. The molecule has 0 aliphatic rings. The molecule has 0 saturated heterocycles. The minimum Gasteiger partial charge on any atom is -0.348 e. The van der Waals surface area contributed by atoms with Crippen molar-refractivity contribution >= 4 is 21.6 Å². The van der Waals surface area contributed by atoms with Gasteiger partial charge < -0.3 is 5.32 Å². The molecular weight excluding hydrogens is 350 g/mol. The fourth-order valence-corrected chi connectivity index (χ4v) is 3.42. The highest BCUT2D eigenvalue weighted by Gasteiger charge is 2.16. The number of aromatic nitrogens is 1. The van der Waals surface area contributed by atoms with Gasteiger partial charge in [-0.05, 0) is 42.0 Å². The number of benzene rings is 2. The number of rotatable bonds is 6. The average Bonchev–Trinajstić information content (AvgIpc) is 2.67. The number of amides is 1. The molecule has 132 valence electrons. The number of nitrogens with one attached hydrogen (secondary N) is 2. The third kappa shape index (κ3) is 4.46. The molecule has 2 N–H and O–H groups in total. The van der Waals surface area contributed by atoms with E-state index in [9.17, 15) is 13.2 Å². The van der Waals surface area contributed by atoms with Crippen molar-refractivity contribution in [3.63, 3.8) is 0 Å². The Bertz CT molecular complexity index is 991. The molecule has 0 radical (unpaired) electrons. The normalized spacial score (nSPS) is 10.9. The molecule has 0 unspecified atom stereocenters. The summed E-state index contributed by atoms with van der Waals surface area (Å²) in [5.74, 6) is -0.356. The molecule has 0 atom stereocenters. The Hall–Kier alpha value is -3.19. The van der Waals surface area contributed by atoms with Crippen LogP contribution in [0.25, 0.3) is 0 Å².